The van der Waals surface area contributed by atoms with Gasteiger partial charge in [0.1, 0.15) is 12.3 Å². The third kappa shape index (κ3) is 0.769. The second-order valence-corrected chi connectivity index (χ2v) is 1.85. The summed E-state index contributed by atoms with van der Waals surface area (Å²) in [6.45, 7) is 0.366. The Balaban J connectivity index is 0.000000500. The summed E-state index contributed by atoms with van der Waals surface area (Å²) in [5, 5.41) is 6.21. The molecule has 0 saturated carbocycles. The van der Waals surface area contributed by atoms with Gasteiger partial charge >= 0.3 is 5.97 Å². The summed E-state index contributed by atoms with van der Waals surface area (Å²) < 4.78 is 4.65. The second kappa shape index (κ2) is 2.30. The number of nitrogens with one attached hydrogen (secondary N) is 1. The predicted octanol–water partition coefficient (Wildman–Crippen LogP) is 0.502. The van der Waals surface area contributed by atoms with Crippen LogP contribution in [0.3, 0.4) is 0 Å². The van der Waals surface area contributed by atoms with Crippen LogP contribution >= 0.6 is 12.4 Å². The first kappa shape index (κ1) is 7.08. The summed E-state index contributed by atoms with van der Waals surface area (Å²) in [7, 11) is 0. The Hall–Kier alpha value is -1.03. The Morgan fingerprint density at radius 2 is 2.50 bits per heavy atom. The van der Waals surface area contributed by atoms with E-state index in [4.69, 9.17) is 0 Å². The van der Waals surface area contributed by atoms with E-state index in [0.29, 0.717) is 12.3 Å². The monoisotopic (exact) mass is 160 g/mol. The number of cyclic esters (lactones) is 1. The molecule has 2 rings (SSSR count). The molecule has 0 radical (unpaired) electrons. The highest BCUT2D eigenvalue weighted by atomic mass is 35.5. The Bertz CT molecular complexity index is 258. The highest BCUT2D eigenvalue weighted by Gasteiger charge is 2.22. The maximum Gasteiger partial charge on any atom is 0.357 e. The molecule has 0 spiro atoms. The zero-order valence-electron chi connectivity index (χ0n) is 4.96. The molecule has 0 amide bonds. The van der Waals surface area contributed by atoms with E-state index in [0.717, 1.165) is 5.56 Å². The first-order valence-corrected chi connectivity index (χ1v) is 2.57. The van der Waals surface area contributed by atoms with Crippen molar-refractivity contribution in [1.82, 2.24) is 10.2 Å². The number of carbonyl (C=O) groups excluding carboxylic acids is 1. The van der Waals surface area contributed by atoms with Crippen molar-refractivity contribution in [1.29, 1.82) is 0 Å². The van der Waals surface area contributed by atoms with Crippen molar-refractivity contribution in [2.24, 2.45) is 0 Å². The van der Waals surface area contributed by atoms with Crippen LogP contribution in [0.1, 0.15) is 16.1 Å². The lowest BCUT2D eigenvalue weighted by Crippen LogP contribution is -1.94. The average molecular weight is 161 g/mol. The Labute approximate surface area is 63.0 Å². The number of hydrogen-bond acceptors (Lipinski definition) is 3. The van der Waals surface area contributed by atoms with Crippen LogP contribution in [0.2, 0.25) is 0 Å². The number of halogens is 1. The van der Waals surface area contributed by atoms with Gasteiger partial charge < -0.3 is 4.74 Å². The van der Waals surface area contributed by atoms with Crippen LogP contribution in [0.25, 0.3) is 0 Å². The first-order valence-electron chi connectivity index (χ1n) is 2.57. The van der Waals surface area contributed by atoms with Crippen LogP contribution in [-0.4, -0.2) is 16.2 Å². The molecule has 4 nitrogen and oxygen atoms in total. The van der Waals surface area contributed by atoms with Gasteiger partial charge in [0.25, 0.3) is 0 Å². The Kier molecular flexibility index (Phi) is 1.63. The molecule has 0 bridgehead atoms. The van der Waals surface area contributed by atoms with E-state index in [-0.39, 0.29) is 18.4 Å². The molecule has 1 aliphatic heterocycles. The van der Waals surface area contributed by atoms with E-state index in [1.807, 2.05) is 0 Å². The van der Waals surface area contributed by atoms with Crippen molar-refractivity contribution >= 4 is 18.4 Å². The molecule has 0 unspecified atom stereocenters. The van der Waals surface area contributed by atoms with Gasteiger partial charge in [0.05, 0.1) is 6.20 Å². The van der Waals surface area contributed by atoms with Crippen molar-refractivity contribution in [2.45, 2.75) is 6.61 Å². The molecule has 0 aromatic carbocycles. The number of aromatic amines is 1. The van der Waals surface area contributed by atoms with Gasteiger partial charge in [0.2, 0.25) is 0 Å². The number of ether oxygens (including phenoxy) is 1. The third-order valence-corrected chi connectivity index (χ3v) is 1.28. The second-order valence-electron chi connectivity index (χ2n) is 1.85. The maximum absolute atomic E-state index is 10.6. The van der Waals surface area contributed by atoms with Crippen molar-refractivity contribution < 1.29 is 9.53 Å². The van der Waals surface area contributed by atoms with Gasteiger partial charge in [0, 0.05) is 5.56 Å². The number of carbonyl (C=O) groups is 1. The molecule has 1 aromatic rings. The van der Waals surface area contributed by atoms with Gasteiger partial charge in [-0.2, -0.15) is 5.10 Å². The predicted molar refractivity (Wildman–Crippen MR) is 35.0 cm³/mol. The van der Waals surface area contributed by atoms with E-state index in [9.17, 15) is 4.79 Å². The van der Waals surface area contributed by atoms with E-state index < -0.39 is 0 Å². The van der Waals surface area contributed by atoms with Gasteiger partial charge in [0.15, 0.2) is 0 Å². The Morgan fingerprint density at radius 3 is 3.20 bits per heavy atom. The minimum atomic E-state index is -0.303. The number of nitrogens with zero attached hydrogens (tertiary/aromatic N) is 1. The summed E-state index contributed by atoms with van der Waals surface area (Å²) in [4.78, 5) is 10.6. The van der Waals surface area contributed by atoms with Crippen LogP contribution in [-0.2, 0) is 11.3 Å². The normalized spacial score (nSPS) is 13.8. The fraction of sp³-hybridized carbons (Fsp3) is 0.200. The lowest BCUT2D eigenvalue weighted by molar-refractivity contribution is 0.0528. The number of rotatable bonds is 0. The molecule has 54 valence electrons. The van der Waals surface area contributed by atoms with Gasteiger partial charge in [-0.25, -0.2) is 4.79 Å². The molecular formula is C5H5ClN2O2. The molecule has 1 aromatic heterocycles. The molecule has 0 fully saturated rings. The summed E-state index contributed by atoms with van der Waals surface area (Å²) in [6, 6.07) is 0. The minimum Gasteiger partial charge on any atom is -0.456 e. The molecule has 5 heteroatoms. The van der Waals surface area contributed by atoms with Gasteiger partial charge in [-0.1, -0.05) is 0 Å². The highest BCUT2D eigenvalue weighted by molar-refractivity contribution is 5.90. The number of hydrogen-bond donors (Lipinski definition) is 1. The average Bonchev–Trinajstić information content (AvgIpc) is 2.35. The topological polar surface area (TPSA) is 55.0 Å². The lowest BCUT2D eigenvalue weighted by Gasteiger charge is -1.85. The van der Waals surface area contributed by atoms with E-state index in [1.54, 1.807) is 6.20 Å². The molecule has 1 aliphatic rings. The number of esters is 1. The fourth-order valence-electron chi connectivity index (χ4n) is 0.813. The van der Waals surface area contributed by atoms with Crippen molar-refractivity contribution in [3.05, 3.63) is 17.5 Å². The third-order valence-electron chi connectivity index (χ3n) is 1.28. The van der Waals surface area contributed by atoms with Crippen LogP contribution in [0.4, 0.5) is 0 Å². The Morgan fingerprint density at radius 1 is 1.70 bits per heavy atom. The fourth-order valence-corrected chi connectivity index (χ4v) is 0.813. The maximum atomic E-state index is 10.6. The lowest BCUT2D eigenvalue weighted by atomic mass is 10.3. The molecule has 0 atom stereocenters. The molecule has 2 heterocycles. The number of H-pyrrole nitrogens is 1. The van der Waals surface area contributed by atoms with Crippen LogP contribution < -0.4 is 0 Å². The molecule has 0 saturated heterocycles. The van der Waals surface area contributed by atoms with Crippen LogP contribution in [0, 0.1) is 0 Å². The van der Waals surface area contributed by atoms with Gasteiger partial charge in [-0.15, -0.1) is 12.4 Å². The van der Waals surface area contributed by atoms with Gasteiger partial charge in [-0.05, 0) is 0 Å². The SMILES string of the molecule is Cl.O=C1OCc2cn[nH]c21. The first-order chi connectivity index (χ1) is 4.38. The summed E-state index contributed by atoms with van der Waals surface area (Å²) >= 11 is 0. The molecular weight excluding hydrogens is 156 g/mol. The highest BCUT2D eigenvalue weighted by Crippen LogP contribution is 2.14. The van der Waals surface area contributed by atoms with Crippen LogP contribution in [0.5, 0.6) is 0 Å². The number of aromatic nitrogens is 2. The van der Waals surface area contributed by atoms with Gasteiger partial charge in [-0.3, -0.25) is 5.10 Å². The zero-order chi connectivity index (χ0) is 6.27. The van der Waals surface area contributed by atoms with Crippen molar-refractivity contribution in [3.63, 3.8) is 0 Å². The van der Waals surface area contributed by atoms with Crippen molar-refractivity contribution in [2.75, 3.05) is 0 Å². The summed E-state index contributed by atoms with van der Waals surface area (Å²) in [5.74, 6) is -0.303. The summed E-state index contributed by atoms with van der Waals surface area (Å²) in [6.07, 6.45) is 1.60. The van der Waals surface area contributed by atoms with E-state index in [2.05, 4.69) is 14.9 Å². The van der Waals surface area contributed by atoms with E-state index >= 15 is 0 Å². The molecule has 0 aliphatic carbocycles. The quantitative estimate of drug-likeness (QED) is 0.563. The zero-order valence-corrected chi connectivity index (χ0v) is 5.77. The molecule has 1 N–H and O–H groups in total. The smallest absolute Gasteiger partial charge is 0.357 e. The largest absolute Gasteiger partial charge is 0.456 e. The standard InChI is InChI=1S/C5H4N2O2.ClH/c8-5-4-3(2-9-5)1-6-7-4;/h1H,2H2,(H,6,7);1H. The van der Waals surface area contributed by atoms with E-state index in [1.165, 1.54) is 0 Å². The number of fused-ring (bicyclic) bond motifs is 1. The summed E-state index contributed by atoms with van der Waals surface area (Å²) in [5.41, 5.74) is 1.34. The van der Waals surface area contributed by atoms with Crippen LogP contribution in [0.15, 0.2) is 6.20 Å². The molecule has 10 heavy (non-hydrogen) atoms. The van der Waals surface area contributed by atoms with Crippen molar-refractivity contribution in [3.8, 4) is 0 Å². The minimum absolute atomic E-state index is 0.